The molecule has 1 aliphatic rings. The zero-order valence-corrected chi connectivity index (χ0v) is 17.3. The van der Waals surface area contributed by atoms with Crippen LogP contribution < -0.4 is 9.46 Å². The molecule has 0 saturated carbocycles. The van der Waals surface area contributed by atoms with Crippen molar-refractivity contribution in [1.29, 1.82) is 0 Å². The summed E-state index contributed by atoms with van der Waals surface area (Å²) in [6.45, 7) is 1.93. The molecule has 27 heavy (non-hydrogen) atoms. The molecule has 0 amide bonds. The molecule has 1 aromatic carbocycles. The van der Waals surface area contributed by atoms with Crippen LogP contribution in [-0.2, 0) is 34.0 Å². The number of carbonyl (C=O) groups is 1. The molecule has 0 unspecified atom stereocenters. The summed E-state index contributed by atoms with van der Waals surface area (Å²) in [6.07, 6.45) is 4.29. The van der Waals surface area contributed by atoms with Gasteiger partial charge in [0.15, 0.2) is 0 Å². The first-order valence-electron chi connectivity index (χ1n) is 8.83. The molecule has 1 aromatic heterocycles. The number of benzene rings is 1. The molecule has 0 atom stereocenters. The number of nitrogens with one attached hydrogen (secondary N) is 1. The van der Waals surface area contributed by atoms with Gasteiger partial charge in [-0.15, -0.1) is 11.3 Å². The fraction of sp³-hybridized carbons (Fsp3) is 0.421. The van der Waals surface area contributed by atoms with Gasteiger partial charge in [-0.1, -0.05) is 6.92 Å². The van der Waals surface area contributed by atoms with Gasteiger partial charge in [0.2, 0.25) is 0 Å². The SMILES string of the molecule is CCc1cc(S(=O)(=O)Nc2sc3c(c2C(=O)OC)CCCC3)ccc1OC. The highest BCUT2D eigenvalue weighted by atomic mass is 32.2. The van der Waals surface area contributed by atoms with Gasteiger partial charge < -0.3 is 9.47 Å². The molecule has 0 bridgehead atoms. The quantitative estimate of drug-likeness (QED) is 0.734. The molecular formula is C19H23NO5S2. The third-order valence-electron chi connectivity index (χ3n) is 4.73. The van der Waals surface area contributed by atoms with Gasteiger partial charge in [-0.05, 0) is 61.4 Å². The number of hydrogen-bond donors (Lipinski definition) is 1. The molecule has 0 saturated heterocycles. The zero-order chi connectivity index (χ0) is 19.6. The van der Waals surface area contributed by atoms with Crippen LogP contribution in [0.15, 0.2) is 23.1 Å². The molecule has 3 rings (SSSR count). The lowest BCUT2D eigenvalue weighted by Gasteiger charge is -2.13. The molecule has 0 aliphatic heterocycles. The predicted octanol–water partition coefficient (Wildman–Crippen LogP) is 3.79. The molecule has 1 heterocycles. The Morgan fingerprint density at radius 1 is 1.22 bits per heavy atom. The van der Waals surface area contributed by atoms with Crippen LogP contribution in [0.4, 0.5) is 5.00 Å². The molecule has 0 fully saturated rings. The standard InChI is InChI=1S/C19H23NO5S2/c1-4-12-11-13(9-10-15(12)24-2)27(22,23)20-18-17(19(21)25-3)14-7-5-6-8-16(14)26-18/h9-11,20H,4-8H2,1-3H3. The van der Waals surface area contributed by atoms with E-state index >= 15 is 0 Å². The van der Waals surface area contributed by atoms with E-state index in [0.29, 0.717) is 22.7 Å². The minimum absolute atomic E-state index is 0.141. The molecular weight excluding hydrogens is 386 g/mol. The summed E-state index contributed by atoms with van der Waals surface area (Å²) < 4.78 is 38.7. The third-order valence-corrected chi connectivity index (χ3v) is 7.41. The van der Waals surface area contributed by atoms with Crippen LogP contribution in [-0.4, -0.2) is 28.6 Å². The van der Waals surface area contributed by atoms with Crippen molar-refractivity contribution >= 4 is 32.3 Å². The maximum absolute atomic E-state index is 12.9. The third kappa shape index (κ3) is 3.82. The van der Waals surface area contributed by atoms with Crippen molar-refractivity contribution < 1.29 is 22.7 Å². The summed E-state index contributed by atoms with van der Waals surface area (Å²) in [5.41, 5.74) is 2.07. The van der Waals surface area contributed by atoms with Crippen LogP contribution >= 0.6 is 11.3 Å². The lowest BCUT2D eigenvalue weighted by molar-refractivity contribution is 0.0601. The van der Waals surface area contributed by atoms with Gasteiger partial charge >= 0.3 is 5.97 Å². The minimum atomic E-state index is -3.84. The van der Waals surface area contributed by atoms with Crippen LogP contribution in [0.3, 0.4) is 0 Å². The number of esters is 1. The predicted molar refractivity (Wildman–Crippen MR) is 105 cm³/mol. The molecule has 1 aliphatic carbocycles. The van der Waals surface area contributed by atoms with E-state index in [4.69, 9.17) is 9.47 Å². The van der Waals surface area contributed by atoms with Crippen LogP contribution in [0, 0.1) is 0 Å². The number of anilines is 1. The second-order valence-electron chi connectivity index (χ2n) is 6.34. The first-order valence-corrected chi connectivity index (χ1v) is 11.1. The monoisotopic (exact) mass is 409 g/mol. The lowest BCUT2D eigenvalue weighted by Crippen LogP contribution is -2.16. The van der Waals surface area contributed by atoms with Gasteiger partial charge in [0.1, 0.15) is 10.8 Å². The largest absolute Gasteiger partial charge is 0.496 e. The molecule has 8 heteroatoms. The second-order valence-corrected chi connectivity index (χ2v) is 9.13. The van der Waals surface area contributed by atoms with E-state index in [2.05, 4.69) is 4.72 Å². The summed E-state index contributed by atoms with van der Waals surface area (Å²) in [6, 6.07) is 4.76. The highest BCUT2D eigenvalue weighted by Crippen LogP contribution is 2.39. The summed E-state index contributed by atoms with van der Waals surface area (Å²) in [5.74, 6) is 0.148. The number of methoxy groups -OCH3 is 2. The van der Waals surface area contributed by atoms with Crippen molar-refractivity contribution in [1.82, 2.24) is 0 Å². The Morgan fingerprint density at radius 3 is 2.63 bits per heavy atom. The summed E-state index contributed by atoms with van der Waals surface area (Å²) in [4.78, 5) is 13.5. The highest BCUT2D eigenvalue weighted by molar-refractivity contribution is 7.93. The fourth-order valence-corrected chi connectivity index (χ4v) is 5.97. The second kappa shape index (κ2) is 7.90. The Morgan fingerprint density at radius 2 is 1.96 bits per heavy atom. The normalized spacial score (nSPS) is 13.7. The number of aryl methyl sites for hydroxylation is 2. The number of sulfonamides is 1. The van der Waals surface area contributed by atoms with Gasteiger partial charge in [0.05, 0.1) is 24.7 Å². The first-order chi connectivity index (χ1) is 12.9. The van der Waals surface area contributed by atoms with Crippen molar-refractivity contribution in [3.63, 3.8) is 0 Å². The topological polar surface area (TPSA) is 81.7 Å². The van der Waals surface area contributed by atoms with Gasteiger partial charge in [0.25, 0.3) is 10.0 Å². The average Bonchev–Trinajstić information content (AvgIpc) is 3.03. The Bertz CT molecular complexity index is 963. The summed E-state index contributed by atoms with van der Waals surface area (Å²) in [5, 5.41) is 0.336. The van der Waals surface area contributed by atoms with Crippen LogP contribution in [0.25, 0.3) is 0 Å². The van der Waals surface area contributed by atoms with Crippen molar-refractivity contribution in [2.45, 2.75) is 43.9 Å². The zero-order valence-electron chi connectivity index (χ0n) is 15.6. The van der Waals surface area contributed by atoms with Gasteiger partial charge in [0, 0.05) is 4.88 Å². The van der Waals surface area contributed by atoms with Crippen molar-refractivity contribution in [2.24, 2.45) is 0 Å². The van der Waals surface area contributed by atoms with E-state index in [1.54, 1.807) is 19.2 Å². The van der Waals surface area contributed by atoms with Crippen LogP contribution in [0.1, 0.15) is 46.1 Å². The van der Waals surface area contributed by atoms with Gasteiger partial charge in [-0.2, -0.15) is 0 Å². The van der Waals surface area contributed by atoms with E-state index in [1.165, 1.54) is 24.5 Å². The lowest BCUT2D eigenvalue weighted by atomic mass is 9.95. The van der Waals surface area contributed by atoms with Crippen LogP contribution in [0.5, 0.6) is 5.75 Å². The number of hydrogen-bond acceptors (Lipinski definition) is 6. The van der Waals surface area contributed by atoms with Crippen molar-refractivity contribution in [3.05, 3.63) is 39.8 Å². The van der Waals surface area contributed by atoms with Crippen molar-refractivity contribution in [2.75, 3.05) is 18.9 Å². The Kier molecular flexibility index (Phi) is 5.76. The average molecular weight is 410 g/mol. The summed E-state index contributed by atoms with van der Waals surface area (Å²) in [7, 11) is -0.972. The maximum Gasteiger partial charge on any atom is 0.341 e. The number of rotatable bonds is 6. The van der Waals surface area contributed by atoms with E-state index in [9.17, 15) is 13.2 Å². The number of carbonyl (C=O) groups excluding carboxylic acids is 1. The van der Waals surface area contributed by atoms with E-state index in [0.717, 1.165) is 41.7 Å². The van der Waals surface area contributed by atoms with Crippen LogP contribution in [0.2, 0.25) is 0 Å². The van der Waals surface area contributed by atoms with Gasteiger partial charge in [-0.25, -0.2) is 13.2 Å². The molecule has 2 aromatic rings. The number of thiophene rings is 1. The molecule has 0 radical (unpaired) electrons. The number of ether oxygens (including phenoxy) is 2. The summed E-state index contributed by atoms with van der Waals surface area (Å²) >= 11 is 1.33. The van der Waals surface area contributed by atoms with Gasteiger partial charge in [-0.3, -0.25) is 4.72 Å². The van der Waals surface area contributed by atoms with E-state index in [1.807, 2.05) is 6.92 Å². The highest BCUT2D eigenvalue weighted by Gasteiger charge is 2.28. The molecule has 146 valence electrons. The Hall–Kier alpha value is -2.06. The molecule has 6 nitrogen and oxygen atoms in total. The minimum Gasteiger partial charge on any atom is -0.496 e. The maximum atomic E-state index is 12.9. The molecule has 1 N–H and O–H groups in total. The Labute approximate surface area is 163 Å². The smallest absolute Gasteiger partial charge is 0.341 e. The van der Waals surface area contributed by atoms with Crippen molar-refractivity contribution in [3.8, 4) is 5.75 Å². The molecule has 0 spiro atoms. The number of fused-ring (bicyclic) bond motifs is 1. The first kappa shape index (κ1) is 19.7. The van der Waals surface area contributed by atoms with E-state index < -0.39 is 16.0 Å². The Balaban J connectivity index is 2.01. The fourth-order valence-electron chi connectivity index (χ4n) is 3.34. The van der Waals surface area contributed by atoms with E-state index in [-0.39, 0.29) is 4.90 Å².